The molecule has 1 aliphatic carbocycles. The zero-order chi connectivity index (χ0) is 36.7. The second kappa shape index (κ2) is 12.3. The lowest BCUT2D eigenvalue weighted by atomic mass is 9.82. The maximum absolute atomic E-state index is 2.45. The van der Waals surface area contributed by atoms with Gasteiger partial charge in [-0.3, -0.25) is 0 Å². The molecule has 0 spiro atoms. The number of hydrogen-bond acceptors (Lipinski definition) is 2. The van der Waals surface area contributed by atoms with Crippen LogP contribution in [0.5, 0.6) is 0 Å². The molecule has 1 nitrogen and oxygen atoms in total. The number of thiophene rings is 1. The molecule has 9 aromatic carbocycles. The molecule has 0 bridgehead atoms. The predicted molar refractivity (Wildman–Crippen MR) is 237 cm³/mol. The number of hydrogen-bond donors (Lipinski definition) is 0. The average Bonchev–Trinajstić information content (AvgIpc) is 3.74. The molecule has 11 rings (SSSR count). The van der Waals surface area contributed by atoms with Crippen LogP contribution in [-0.4, -0.2) is 0 Å². The normalized spacial score (nSPS) is 13.1. The SMILES string of the molecule is CC1(C)c2ccccc2-c2c(N(c3ccc(-c4ccc5ccccc5c4)cc3)c3ccc(-c4ccc5c(ccc6c7ccccc7sc56)c4)cc3)cccc21. The Kier molecular flexibility index (Phi) is 7.14. The van der Waals surface area contributed by atoms with Crippen LogP contribution in [-0.2, 0) is 5.41 Å². The van der Waals surface area contributed by atoms with Gasteiger partial charge in [0.25, 0.3) is 0 Å². The fourth-order valence-corrected chi connectivity index (χ4v) is 10.3. The molecule has 0 saturated carbocycles. The number of anilines is 3. The van der Waals surface area contributed by atoms with Gasteiger partial charge in [-0.1, -0.05) is 153 Å². The van der Waals surface area contributed by atoms with Gasteiger partial charge in [0.15, 0.2) is 0 Å². The first-order valence-electron chi connectivity index (χ1n) is 19.1. The van der Waals surface area contributed by atoms with E-state index in [-0.39, 0.29) is 5.41 Å². The fourth-order valence-electron chi connectivity index (χ4n) is 9.01. The van der Waals surface area contributed by atoms with E-state index in [0.29, 0.717) is 0 Å². The molecule has 0 atom stereocenters. The van der Waals surface area contributed by atoms with Crippen molar-refractivity contribution in [2.75, 3.05) is 4.90 Å². The van der Waals surface area contributed by atoms with E-state index in [9.17, 15) is 0 Å². The van der Waals surface area contributed by atoms with E-state index < -0.39 is 0 Å². The van der Waals surface area contributed by atoms with Gasteiger partial charge < -0.3 is 4.90 Å². The quantitative estimate of drug-likeness (QED) is 0.171. The summed E-state index contributed by atoms with van der Waals surface area (Å²) in [7, 11) is 0. The predicted octanol–water partition coefficient (Wildman–Crippen LogP) is 15.5. The molecule has 1 aromatic heterocycles. The smallest absolute Gasteiger partial charge is 0.0543 e. The molecule has 0 N–H and O–H groups in total. The molecule has 1 heterocycles. The standard InChI is InChI=1S/C53H37NS/c1-53(2)47-14-7-5-13-46(47)51-48(53)15-9-16-49(51)54(41-26-20-35(21-27-41)38-19-18-34-10-3-4-11-37(34)32-38)42-28-22-36(23-29-42)39-24-30-43-40(33-39)25-31-45-44-12-6-8-17-50(44)55-52(43)45/h3-33H,1-2H3. The highest BCUT2D eigenvalue weighted by Gasteiger charge is 2.37. The van der Waals surface area contributed by atoms with Crippen molar-refractivity contribution >= 4 is 70.1 Å². The van der Waals surface area contributed by atoms with Crippen LogP contribution < -0.4 is 4.90 Å². The molecule has 0 aliphatic heterocycles. The van der Waals surface area contributed by atoms with Crippen LogP contribution in [0.25, 0.3) is 75.1 Å². The molecule has 0 amide bonds. The van der Waals surface area contributed by atoms with Gasteiger partial charge >= 0.3 is 0 Å². The molecule has 260 valence electrons. The molecule has 0 radical (unpaired) electrons. The lowest BCUT2D eigenvalue weighted by Gasteiger charge is -2.29. The summed E-state index contributed by atoms with van der Waals surface area (Å²) in [5.41, 5.74) is 13.6. The third-order valence-corrected chi connectivity index (χ3v) is 13.1. The van der Waals surface area contributed by atoms with E-state index in [2.05, 4.69) is 207 Å². The highest BCUT2D eigenvalue weighted by atomic mass is 32.1. The van der Waals surface area contributed by atoms with Gasteiger partial charge in [-0.15, -0.1) is 11.3 Å². The van der Waals surface area contributed by atoms with Gasteiger partial charge in [-0.25, -0.2) is 0 Å². The first kappa shape index (κ1) is 32.0. The second-order valence-corrected chi connectivity index (χ2v) is 16.4. The molecule has 0 saturated heterocycles. The highest BCUT2D eigenvalue weighted by Crippen LogP contribution is 2.54. The number of rotatable bonds is 5. The minimum absolute atomic E-state index is 0.0884. The van der Waals surface area contributed by atoms with E-state index in [1.54, 1.807) is 0 Å². The third kappa shape index (κ3) is 5.06. The number of benzene rings is 9. The Morgan fingerprint density at radius 2 is 1.00 bits per heavy atom. The molecule has 55 heavy (non-hydrogen) atoms. The van der Waals surface area contributed by atoms with Crippen LogP contribution in [0.15, 0.2) is 188 Å². The van der Waals surface area contributed by atoms with Crippen LogP contribution in [0.4, 0.5) is 17.1 Å². The Morgan fingerprint density at radius 3 is 1.78 bits per heavy atom. The number of nitrogens with zero attached hydrogens (tertiary/aromatic N) is 1. The molecule has 1 aliphatic rings. The van der Waals surface area contributed by atoms with E-state index in [1.807, 2.05) is 11.3 Å². The lowest BCUT2D eigenvalue weighted by molar-refractivity contribution is 0.660. The van der Waals surface area contributed by atoms with Crippen LogP contribution >= 0.6 is 11.3 Å². The van der Waals surface area contributed by atoms with Crippen molar-refractivity contribution < 1.29 is 0 Å². The van der Waals surface area contributed by atoms with Crippen molar-refractivity contribution in [2.24, 2.45) is 0 Å². The van der Waals surface area contributed by atoms with Gasteiger partial charge in [0.05, 0.1) is 5.69 Å². The summed E-state index contributed by atoms with van der Waals surface area (Å²) < 4.78 is 2.71. The summed E-state index contributed by atoms with van der Waals surface area (Å²) in [6, 6.07) is 69.6. The Morgan fingerprint density at radius 1 is 0.418 bits per heavy atom. The Hall–Kier alpha value is -6.48. The zero-order valence-corrected chi connectivity index (χ0v) is 31.6. The lowest BCUT2D eigenvalue weighted by Crippen LogP contribution is -2.16. The van der Waals surface area contributed by atoms with Gasteiger partial charge in [-0.05, 0) is 109 Å². The highest BCUT2D eigenvalue weighted by molar-refractivity contribution is 7.26. The largest absolute Gasteiger partial charge is 0.310 e. The second-order valence-electron chi connectivity index (χ2n) is 15.3. The van der Waals surface area contributed by atoms with E-state index >= 15 is 0 Å². The maximum atomic E-state index is 2.45. The van der Waals surface area contributed by atoms with Crippen LogP contribution in [0.3, 0.4) is 0 Å². The van der Waals surface area contributed by atoms with Gasteiger partial charge in [0.1, 0.15) is 0 Å². The number of fused-ring (bicyclic) bond motifs is 9. The van der Waals surface area contributed by atoms with E-state index in [0.717, 1.165) is 11.4 Å². The summed E-state index contributed by atoms with van der Waals surface area (Å²) in [4.78, 5) is 2.45. The van der Waals surface area contributed by atoms with Crippen LogP contribution in [0.2, 0.25) is 0 Å². The maximum Gasteiger partial charge on any atom is 0.0543 e. The Bertz CT molecular complexity index is 3110. The summed E-state index contributed by atoms with van der Waals surface area (Å²) >= 11 is 1.89. The van der Waals surface area contributed by atoms with Crippen molar-refractivity contribution in [3.05, 3.63) is 199 Å². The molecule has 0 unspecified atom stereocenters. The first-order valence-corrected chi connectivity index (χ1v) is 19.9. The van der Waals surface area contributed by atoms with E-state index in [1.165, 1.54) is 91.9 Å². The van der Waals surface area contributed by atoms with E-state index in [4.69, 9.17) is 0 Å². The van der Waals surface area contributed by atoms with Gasteiger partial charge in [0.2, 0.25) is 0 Å². The summed E-state index contributed by atoms with van der Waals surface area (Å²) in [6.07, 6.45) is 0. The van der Waals surface area contributed by atoms with Gasteiger partial charge in [-0.2, -0.15) is 0 Å². The minimum atomic E-state index is -0.0884. The third-order valence-electron chi connectivity index (χ3n) is 11.9. The minimum Gasteiger partial charge on any atom is -0.310 e. The molecular weight excluding hydrogens is 683 g/mol. The summed E-state index contributed by atoms with van der Waals surface area (Å²) in [6.45, 7) is 4.71. The van der Waals surface area contributed by atoms with Gasteiger partial charge in [0, 0.05) is 42.5 Å². The van der Waals surface area contributed by atoms with Crippen molar-refractivity contribution in [1.29, 1.82) is 0 Å². The molecule has 2 heteroatoms. The summed E-state index contributed by atoms with van der Waals surface area (Å²) in [5.74, 6) is 0. The van der Waals surface area contributed by atoms with Crippen molar-refractivity contribution in [3.8, 4) is 33.4 Å². The molecule has 0 fully saturated rings. The monoisotopic (exact) mass is 719 g/mol. The Balaban J connectivity index is 1.02. The van der Waals surface area contributed by atoms with Crippen molar-refractivity contribution in [1.82, 2.24) is 0 Å². The summed E-state index contributed by atoms with van der Waals surface area (Å²) in [5, 5.41) is 7.79. The zero-order valence-electron chi connectivity index (χ0n) is 30.8. The van der Waals surface area contributed by atoms with Crippen LogP contribution in [0, 0.1) is 0 Å². The average molecular weight is 720 g/mol. The van der Waals surface area contributed by atoms with Crippen LogP contribution in [0.1, 0.15) is 25.0 Å². The topological polar surface area (TPSA) is 3.24 Å². The molecule has 10 aromatic rings. The van der Waals surface area contributed by atoms with Crippen molar-refractivity contribution in [3.63, 3.8) is 0 Å². The Labute approximate surface area is 325 Å². The van der Waals surface area contributed by atoms with Crippen molar-refractivity contribution in [2.45, 2.75) is 19.3 Å². The molecular formula is C53H37NS. The fraction of sp³-hybridized carbons (Fsp3) is 0.0566. The first-order chi connectivity index (χ1) is 27.0.